The summed E-state index contributed by atoms with van der Waals surface area (Å²) in [6, 6.07) is 7.37. The molecule has 3 aromatic rings. The van der Waals surface area contributed by atoms with E-state index in [1.54, 1.807) is 18.4 Å². The summed E-state index contributed by atoms with van der Waals surface area (Å²) in [5.41, 5.74) is 2.55. The summed E-state index contributed by atoms with van der Waals surface area (Å²) in [4.78, 5) is 21.7. The van der Waals surface area contributed by atoms with Crippen molar-refractivity contribution >= 4 is 32.7 Å². The van der Waals surface area contributed by atoms with Crippen molar-refractivity contribution in [3.63, 3.8) is 0 Å². The molecule has 1 aliphatic heterocycles. The van der Waals surface area contributed by atoms with Crippen LogP contribution in [0.3, 0.4) is 0 Å². The molecular weight excluding hydrogens is 350 g/mol. The Morgan fingerprint density at radius 3 is 2.62 bits per heavy atom. The van der Waals surface area contributed by atoms with Gasteiger partial charge in [0.15, 0.2) is 10.8 Å². The van der Waals surface area contributed by atoms with Gasteiger partial charge in [-0.3, -0.25) is 4.79 Å². The lowest BCUT2D eigenvalue weighted by atomic mass is 10.1. The average Bonchev–Trinajstić information content (AvgIpc) is 3.23. The van der Waals surface area contributed by atoms with Crippen LogP contribution < -0.4 is 9.64 Å². The number of carbonyl (C=O) groups is 1. The van der Waals surface area contributed by atoms with Gasteiger partial charge in [-0.05, 0) is 19.1 Å². The van der Waals surface area contributed by atoms with E-state index in [0.717, 1.165) is 34.3 Å². The van der Waals surface area contributed by atoms with E-state index in [-0.39, 0.29) is 5.91 Å². The normalized spacial score (nSPS) is 14.9. The summed E-state index contributed by atoms with van der Waals surface area (Å²) in [6.07, 6.45) is 0. The van der Waals surface area contributed by atoms with Crippen LogP contribution >= 0.6 is 11.3 Å². The van der Waals surface area contributed by atoms with Crippen LogP contribution in [0.25, 0.3) is 10.3 Å². The van der Waals surface area contributed by atoms with Gasteiger partial charge in [-0.25, -0.2) is 9.67 Å². The number of hydrogen-bond acceptors (Lipinski definition) is 6. The first kappa shape index (κ1) is 16.8. The number of methoxy groups -OCH3 is 1. The molecule has 0 N–H and O–H groups in total. The molecule has 1 fully saturated rings. The Morgan fingerprint density at radius 1 is 1.19 bits per heavy atom. The highest BCUT2D eigenvalue weighted by Crippen LogP contribution is 2.31. The summed E-state index contributed by atoms with van der Waals surface area (Å²) in [6.45, 7) is 4.89. The van der Waals surface area contributed by atoms with Crippen LogP contribution in [0, 0.1) is 6.92 Å². The largest absolute Gasteiger partial charge is 0.496 e. The van der Waals surface area contributed by atoms with Gasteiger partial charge in [0.1, 0.15) is 5.75 Å². The van der Waals surface area contributed by atoms with Crippen LogP contribution in [0.1, 0.15) is 16.1 Å². The zero-order valence-electron chi connectivity index (χ0n) is 15.1. The molecule has 0 aliphatic carbocycles. The van der Waals surface area contributed by atoms with Crippen LogP contribution in [-0.2, 0) is 7.05 Å². The minimum atomic E-state index is 0.0199. The standard InChI is InChI=1S/C18H21N5O2S/c1-12-15-16(21(2)20-12)19-18(26-15)23-10-8-22(9-11-23)17(24)13-6-4-5-7-14(13)25-3/h4-7H,8-11H2,1-3H3. The summed E-state index contributed by atoms with van der Waals surface area (Å²) in [5, 5.41) is 5.40. The Kier molecular flexibility index (Phi) is 4.28. The molecule has 4 rings (SSSR count). The lowest BCUT2D eigenvalue weighted by molar-refractivity contribution is 0.0743. The first-order valence-corrected chi connectivity index (χ1v) is 9.37. The molecule has 0 radical (unpaired) electrons. The van der Waals surface area contributed by atoms with E-state index >= 15 is 0 Å². The summed E-state index contributed by atoms with van der Waals surface area (Å²) in [7, 11) is 3.51. The molecule has 1 amide bonds. The molecule has 2 aromatic heterocycles. The number of thiazole rings is 1. The third-order valence-electron chi connectivity index (χ3n) is 4.71. The molecule has 1 aliphatic rings. The zero-order valence-corrected chi connectivity index (χ0v) is 15.9. The molecular formula is C18H21N5O2S. The first-order chi connectivity index (χ1) is 12.6. The second-order valence-corrected chi connectivity index (χ2v) is 7.32. The van der Waals surface area contributed by atoms with E-state index in [2.05, 4.69) is 10.00 Å². The lowest BCUT2D eigenvalue weighted by Crippen LogP contribution is -2.48. The molecule has 136 valence electrons. The third-order valence-corrected chi connectivity index (χ3v) is 5.92. The lowest BCUT2D eigenvalue weighted by Gasteiger charge is -2.34. The van der Waals surface area contributed by atoms with Crippen molar-refractivity contribution in [3.8, 4) is 5.75 Å². The number of benzene rings is 1. The molecule has 1 aromatic carbocycles. The Bertz CT molecular complexity index is 921. The van der Waals surface area contributed by atoms with Crippen molar-refractivity contribution in [2.45, 2.75) is 6.92 Å². The van der Waals surface area contributed by atoms with Gasteiger partial charge in [-0.2, -0.15) is 5.10 Å². The van der Waals surface area contributed by atoms with E-state index in [1.165, 1.54) is 0 Å². The number of carbonyl (C=O) groups excluding carboxylic acids is 1. The van der Waals surface area contributed by atoms with Crippen molar-refractivity contribution in [3.05, 3.63) is 35.5 Å². The molecule has 8 heteroatoms. The number of rotatable bonds is 3. The number of ether oxygens (including phenoxy) is 1. The predicted molar refractivity (Wildman–Crippen MR) is 102 cm³/mol. The van der Waals surface area contributed by atoms with Gasteiger partial charge in [0.05, 0.1) is 23.1 Å². The van der Waals surface area contributed by atoms with E-state index < -0.39 is 0 Å². The number of piperazine rings is 1. The van der Waals surface area contributed by atoms with Crippen LogP contribution in [0.5, 0.6) is 5.75 Å². The highest BCUT2D eigenvalue weighted by molar-refractivity contribution is 7.22. The number of para-hydroxylation sites is 1. The summed E-state index contributed by atoms with van der Waals surface area (Å²) < 4.78 is 8.28. The number of nitrogens with zero attached hydrogens (tertiary/aromatic N) is 5. The van der Waals surface area contributed by atoms with Crippen molar-refractivity contribution < 1.29 is 9.53 Å². The minimum Gasteiger partial charge on any atom is -0.496 e. The fourth-order valence-corrected chi connectivity index (χ4v) is 4.39. The Morgan fingerprint density at radius 2 is 1.92 bits per heavy atom. The van der Waals surface area contributed by atoms with Gasteiger partial charge >= 0.3 is 0 Å². The molecule has 0 saturated carbocycles. The number of aryl methyl sites for hydroxylation is 2. The van der Waals surface area contributed by atoms with Gasteiger partial charge in [0.25, 0.3) is 5.91 Å². The minimum absolute atomic E-state index is 0.0199. The second-order valence-electron chi connectivity index (χ2n) is 6.34. The molecule has 3 heterocycles. The van der Waals surface area contributed by atoms with Crippen molar-refractivity contribution in [2.24, 2.45) is 7.05 Å². The smallest absolute Gasteiger partial charge is 0.257 e. The average molecular weight is 371 g/mol. The Hall–Kier alpha value is -2.61. The number of amides is 1. The van der Waals surface area contributed by atoms with Crippen molar-refractivity contribution in [2.75, 3.05) is 38.2 Å². The van der Waals surface area contributed by atoms with Crippen LogP contribution in [0.2, 0.25) is 0 Å². The summed E-state index contributed by atoms with van der Waals surface area (Å²) >= 11 is 1.67. The maximum absolute atomic E-state index is 12.8. The van der Waals surface area contributed by atoms with E-state index in [0.29, 0.717) is 24.4 Å². The topological polar surface area (TPSA) is 63.5 Å². The molecule has 1 saturated heterocycles. The molecule has 0 atom stereocenters. The second kappa shape index (κ2) is 6.60. The van der Waals surface area contributed by atoms with Crippen molar-refractivity contribution in [1.82, 2.24) is 19.7 Å². The highest BCUT2D eigenvalue weighted by atomic mass is 32.1. The Balaban J connectivity index is 1.48. The molecule has 0 unspecified atom stereocenters. The van der Waals surface area contributed by atoms with E-state index in [1.807, 2.05) is 47.8 Å². The van der Waals surface area contributed by atoms with E-state index in [9.17, 15) is 4.79 Å². The zero-order chi connectivity index (χ0) is 18.3. The number of anilines is 1. The van der Waals surface area contributed by atoms with Gasteiger partial charge < -0.3 is 14.5 Å². The SMILES string of the molecule is COc1ccccc1C(=O)N1CCN(c2nc3c(s2)c(C)nn3C)CC1. The third kappa shape index (κ3) is 2.80. The summed E-state index contributed by atoms with van der Waals surface area (Å²) in [5.74, 6) is 0.639. The van der Waals surface area contributed by atoms with Gasteiger partial charge in [-0.15, -0.1) is 0 Å². The van der Waals surface area contributed by atoms with Gasteiger partial charge in [0.2, 0.25) is 0 Å². The predicted octanol–water partition coefficient (Wildman–Crippen LogP) is 2.31. The van der Waals surface area contributed by atoms with Gasteiger partial charge in [-0.1, -0.05) is 23.5 Å². The monoisotopic (exact) mass is 371 g/mol. The number of aromatic nitrogens is 3. The van der Waals surface area contributed by atoms with Crippen LogP contribution in [-0.4, -0.2) is 58.9 Å². The number of fused-ring (bicyclic) bond motifs is 1. The van der Waals surface area contributed by atoms with Crippen molar-refractivity contribution in [1.29, 1.82) is 0 Å². The number of hydrogen-bond donors (Lipinski definition) is 0. The van der Waals surface area contributed by atoms with Crippen LogP contribution in [0.4, 0.5) is 5.13 Å². The van der Waals surface area contributed by atoms with E-state index in [4.69, 9.17) is 9.72 Å². The van der Waals surface area contributed by atoms with Gasteiger partial charge in [0, 0.05) is 33.2 Å². The molecule has 0 spiro atoms. The van der Waals surface area contributed by atoms with Crippen LogP contribution in [0.15, 0.2) is 24.3 Å². The quantitative estimate of drug-likeness (QED) is 0.707. The highest BCUT2D eigenvalue weighted by Gasteiger charge is 2.26. The maximum atomic E-state index is 12.8. The molecule has 7 nitrogen and oxygen atoms in total. The molecule has 26 heavy (non-hydrogen) atoms. The molecule has 0 bridgehead atoms. The fourth-order valence-electron chi connectivity index (χ4n) is 3.30. The maximum Gasteiger partial charge on any atom is 0.257 e. The Labute approximate surface area is 155 Å². The first-order valence-electron chi connectivity index (χ1n) is 8.56. The fraction of sp³-hybridized carbons (Fsp3) is 0.389.